The highest BCUT2D eigenvalue weighted by Gasteiger charge is 2.19. The molecule has 0 saturated carbocycles. The van der Waals surface area contributed by atoms with E-state index in [1.165, 1.54) is 29.3 Å². The predicted octanol–water partition coefficient (Wildman–Crippen LogP) is 1.89. The minimum absolute atomic E-state index is 0.735. The van der Waals surface area contributed by atoms with Crippen molar-refractivity contribution in [3.8, 4) is 0 Å². The van der Waals surface area contributed by atoms with Crippen LogP contribution in [0.5, 0.6) is 0 Å². The molecule has 0 amide bonds. The highest BCUT2D eigenvalue weighted by atomic mass is 32.1. The van der Waals surface area contributed by atoms with E-state index in [0.29, 0.717) is 0 Å². The summed E-state index contributed by atoms with van der Waals surface area (Å²) in [6.07, 6.45) is 5.75. The highest BCUT2D eigenvalue weighted by molar-refractivity contribution is 7.11. The molecule has 2 rings (SSSR count). The average molecular weight is 239 g/mol. The Balaban J connectivity index is 1.71. The second-order valence-electron chi connectivity index (χ2n) is 4.48. The van der Waals surface area contributed by atoms with Gasteiger partial charge in [-0.1, -0.05) is 6.92 Å². The quantitative estimate of drug-likeness (QED) is 0.850. The van der Waals surface area contributed by atoms with Gasteiger partial charge in [0.25, 0.3) is 0 Å². The van der Waals surface area contributed by atoms with Crippen molar-refractivity contribution >= 4 is 11.3 Å². The average Bonchev–Trinajstić information content (AvgIpc) is 2.89. The summed E-state index contributed by atoms with van der Waals surface area (Å²) in [7, 11) is 2.22. The fraction of sp³-hybridized carbons (Fsp3) is 0.750. The fourth-order valence-electron chi connectivity index (χ4n) is 2.19. The van der Waals surface area contributed by atoms with Crippen molar-refractivity contribution < 1.29 is 0 Å². The number of nitrogens with one attached hydrogen (secondary N) is 1. The first-order valence-electron chi connectivity index (χ1n) is 6.14. The van der Waals surface area contributed by atoms with Crippen molar-refractivity contribution in [1.82, 2.24) is 15.2 Å². The molecule has 0 bridgehead atoms. The van der Waals surface area contributed by atoms with E-state index in [9.17, 15) is 0 Å². The molecule has 1 aliphatic heterocycles. The van der Waals surface area contributed by atoms with Gasteiger partial charge in [0, 0.05) is 30.2 Å². The van der Waals surface area contributed by atoms with E-state index in [0.717, 1.165) is 25.6 Å². The second kappa shape index (κ2) is 5.75. The summed E-state index contributed by atoms with van der Waals surface area (Å²) in [6.45, 7) is 5.49. The molecule has 1 aromatic rings. The molecular weight excluding hydrogens is 218 g/mol. The maximum Gasteiger partial charge on any atom is 0.0925 e. The smallest absolute Gasteiger partial charge is 0.0925 e. The summed E-state index contributed by atoms with van der Waals surface area (Å²) in [4.78, 5) is 8.18. The van der Waals surface area contributed by atoms with Gasteiger partial charge in [0.15, 0.2) is 0 Å². The van der Waals surface area contributed by atoms with Gasteiger partial charge in [-0.2, -0.15) is 0 Å². The van der Waals surface area contributed by atoms with Crippen molar-refractivity contribution in [2.75, 3.05) is 20.1 Å². The minimum atomic E-state index is 0.735. The van der Waals surface area contributed by atoms with Gasteiger partial charge in [-0.25, -0.2) is 4.98 Å². The Morgan fingerprint density at radius 2 is 2.50 bits per heavy atom. The minimum Gasteiger partial charge on any atom is -0.310 e. The molecule has 2 heterocycles. The van der Waals surface area contributed by atoms with E-state index in [-0.39, 0.29) is 0 Å². The van der Waals surface area contributed by atoms with Crippen LogP contribution in [0.4, 0.5) is 0 Å². The van der Waals surface area contributed by atoms with Gasteiger partial charge >= 0.3 is 0 Å². The van der Waals surface area contributed by atoms with E-state index >= 15 is 0 Å². The first kappa shape index (κ1) is 12.0. The largest absolute Gasteiger partial charge is 0.310 e. The first-order chi connectivity index (χ1) is 7.79. The molecule has 0 spiro atoms. The van der Waals surface area contributed by atoms with Crippen LogP contribution in [-0.2, 0) is 13.0 Å². The molecule has 1 saturated heterocycles. The Hall–Kier alpha value is -0.450. The van der Waals surface area contributed by atoms with Crippen LogP contribution in [0.2, 0.25) is 0 Å². The molecule has 4 heteroatoms. The lowest BCUT2D eigenvalue weighted by Crippen LogP contribution is -2.35. The topological polar surface area (TPSA) is 28.2 Å². The molecule has 1 unspecified atom stereocenters. The van der Waals surface area contributed by atoms with Crippen LogP contribution in [0.15, 0.2) is 6.20 Å². The summed E-state index contributed by atoms with van der Waals surface area (Å²) in [6, 6.07) is 0.735. The Morgan fingerprint density at radius 1 is 1.62 bits per heavy atom. The molecule has 3 nitrogen and oxygen atoms in total. The third-order valence-corrected chi connectivity index (χ3v) is 4.40. The van der Waals surface area contributed by atoms with E-state index < -0.39 is 0 Å². The lowest BCUT2D eigenvalue weighted by molar-refractivity contribution is 0.300. The van der Waals surface area contributed by atoms with Crippen LogP contribution in [0.25, 0.3) is 0 Å². The number of aromatic nitrogens is 1. The molecule has 0 aromatic carbocycles. The summed E-state index contributed by atoms with van der Waals surface area (Å²) >= 11 is 1.83. The van der Waals surface area contributed by atoms with Crippen molar-refractivity contribution in [1.29, 1.82) is 0 Å². The normalized spacial score (nSPS) is 21.8. The van der Waals surface area contributed by atoms with Gasteiger partial charge in [0.05, 0.1) is 5.01 Å². The second-order valence-corrected chi connectivity index (χ2v) is 5.68. The zero-order valence-electron chi connectivity index (χ0n) is 10.2. The van der Waals surface area contributed by atoms with Gasteiger partial charge in [0.1, 0.15) is 0 Å². The lowest BCUT2D eigenvalue weighted by atomic mass is 10.2. The maximum atomic E-state index is 4.37. The summed E-state index contributed by atoms with van der Waals surface area (Å²) < 4.78 is 0. The molecule has 16 heavy (non-hydrogen) atoms. The van der Waals surface area contributed by atoms with Crippen molar-refractivity contribution in [2.24, 2.45) is 0 Å². The van der Waals surface area contributed by atoms with Gasteiger partial charge < -0.3 is 10.2 Å². The zero-order valence-corrected chi connectivity index (χ0v) is 11.0. The van der Waals surface area contributed by atoms with Gasteiger partial charge in [-0.05, 0) is 32.9 Å². The Bertz CT molecular complexity index is 324. The van der Waals surface area contributed by atoms with Crippen LogP contribution >= 0.6 is 11.3 Å². The molecule has 90 valence electrons. The number of thiazole rings is 1. The summed E-state index contributed by atoms with van der Waals surface area (Å²) in [5.41, 5.74) is 0. The molecule has 1 fully saturated rings. The third-order valence-electron chi connectivity index (χ3n) is 3.25. The van der Waals surface area contributed by atoms with Gasteiger partial charge in [-0.3, -0.25) is 0 Å². The number of rotatable bonds is 5. The number of nitrogens with zero attached hydrogens (tertiary/aromatic N) is 2. The number of aryl methyl sites for hydroxylation is 1. The van der Waals surface area contributed by atoms with Crippen LogP contribution in [-0.4, -0.2) is 36.1 Å². The summed E-state index contributed by atoms with van der Waals surface area (Å²) in [5, 5.41) is 4.79. The number of hydrogen-bond acceptors (Lipinski definition) is 4. The molecule has 0 aliphatic carbocycles. The molecule has 1 atom stereocenters. The Morgan fingerprint density at radius 3 is 3.12 bits per heavy atom. The maximum absolute atomic E-state index is 4.37. The van der Waals surface area contributed by atoms with E-state index in [2.05, 4.69) is 29.2 Å². The number of likely N-dealkylation sites (tertiary alicyclic amines) is 1. The van der Waals surface area contributed by atoms with Crippen LogP contribution < -0.4 is 5.32 Å². The van der Waals surface area contributed by atoms with Crippen LogP contribution in [0.3, 0.4) is 0 Å². The van der Waals surface area contributed by atoms with Crippen LogP contribution in [0.1, 0.15) is 29.7 Å². The highest BCUT2D eigenvalue weighted by Crippen LogP contribution is 2.15. The van der Waals surface area contributed by atoms with Crippen molar-refractivity contribution in [3.63, 3.8) is 0 Å². The Kier molecular flexibility index (Phi) is 4.32. The first-order valence-corrected chi connectivity index (χ1v) is 6.95. The number of hydrogen-bond donors (Lipinski definition) is 1. The number of likely N-dealkylation sites (N-methyl/N-ethyl adjacent to an activating group) is 1. The van der Waals surface area contributed by atoms with Gasteiger partial charge in [-0.15, -0.1) is 11.3 Å². The van der Waals surface area contributed by atoms with Crippen LogP contribution in [0, 0.1) is 0 Å². The molecule has 1 aromatic heterocycles. The monoisotopic (exact) mass is 239 g/mol. The molecule has 0 radical (unpaired) electrons. The van der Waals surface area contributed by atoms with Crippen molar-refractivity contribution in [2.45, 2.75) is 38.8 Å². The fourth-order valence-corrected chi connectivity index (χ4v) is 3.02. The van der Waals surface area contributed by atoms with Gasteiger partial charge in [0.2, 0.25) is 0 Å². The zero-order chi connectivity index (χ0) is 11.4. The molecular formula is C12H21N3S. The van der Waals surface area contributed by atoms with Crippen molar-refractivity contribution in [3.05, 3.63) is 16.1 Å². The summed E-state index contributed by atoms with van der Waals surface area (Å²) in [5.74, 6) is 0. The Labute approximate surface area is 102 Å². The lowest BCUT2D eigenvalue weighted by Gasteiger charge is -2.19. The van der Waals surface area contributed by atoms with E-state index in [1.54, 1.807) is 0 Å². The third kappa shape index (κ3) is 3.03. The SMILES string of the molecule is CCc1ncc(CNCC2CCCN2C)s1. The molecule has 1 N–H and O–H groups in total. The van der Waals surface area contributed by atoms with E-state index in [4.69, 9.17) is 0 Å². The van der Waals surface area contributed by atoms with E-state index in [1.807, 2.05) is 17.5 Å². The predicted molar refractivity (Wildman–Crippen MR) is 68.9 cm³/mol. The standard InChI is InChI=1S/C12H21N3S/c1-3-12-14-9-11(16-12)8-13-7-10-5-4-6-15(10)2/h9-10,13H,3-8H2,1-2H3. The molecule has 1 aliphatic rings.